The number of phenols is 1. The number of rotatable bonds is 6. The summed E-state index contributed by atoms with van der Waals surface area (Å²) in [5, 5.41) is 48.1. The number of Topliss-reactive ketones (excluding diaryl/α,β-unsaturated/α-hetero) is 2. The fourth-order valence-electron chi connectivity index (χ4n) is 6.54. The van der Waals surface area contributed by atoms with Crippen molar-refractivity contribution in [3.63, 3.8) is 0 Å². The molecule has 0 bridgehead atoms. The lowest BCUT2D eigenvalue weighted by molar-refractivity contribution is -0.153. The number of carbonyl (C=O) groups is 3. The van der Waals surface area contributed by atoms with Crippen LogP contribution < -0.4 is 16.0 Å². The topological polar surface area (TPSA) is 203 Å². The van der Waals surface area contributed by atoms with E-state index in [9.17, 15) is 48.0 Å². The molecule has 3 aliphatic rings. The number of ketones is 2. The molecule has 1 amide bonds. The van der Waals surface area contributed by atoms with Gasteiger partial charge in [-0.3, -0.25) is 19.3 Å². The number of phenolic OH excluding ortho intramolecular Hbond substituents is 1. The van der Waals surface area contributed by atoms with Crippen molar-refractivity contribution in [2.45, 2.75) is 37.2 Å². The van der Waals surface area contributed by atoms with Gasteiger partial charge in [-0.05, 0) is 44.5 Å². The number of nitrogens with two attached hydrogens (primary N) is 1. The number of aromatic nitrogens is 1. The van der Waals surface area contributed by atoms with Gasteiger partial charge in [0.15, 0.2) is 17.1 Å². The third-order valence-electron chi connectivity index (χ3n) is 8.48. The number of hydrogen-bond donors (Lipinski definition) is 6. The van der Waals surface area contributed by atoms with Crippen LogP contribution in [0.4, 0.5) is 24.9 Å². The Morgan fingerprint density at radius 3 is 2.41 bits per heavy atom. The molecule has 1 saturated carbocycles. The molecule has 2 aromatic rings. The van der Waals surface area contributed by atoms with Crippen LogP contribution in [0, 0.1) is 11.8 Å². The number of primary amides is 1. The van der Waals surface area contributed by atoms with Crippen LogP contribution in [0.25, 0.3) is 5.76 Å². The molecule has 5 rings (SSSR count). The number of oxazole rings is 1. The lowest BCUT2D eigenvalue weighted by Gasteiger charge is -2.50. The van der Waals surface area contributed by atoms with E-state index in [-0.39, 0.29) is 36.1 Å². The average Bonchev–Trinajstić information content (AvgIpc) is 3.39. The van der Waals surface area contributed by atoms with Gasteiger partial charge >= 0.3 is 6.18 Å². The highest BCUT2D eigenvalue weighted by Crippen LogP contribution is 2.54. The Bertz CT molecular complexity index is 1660. The van der Waals surface area contributed by atoms with Gasteiger partial charge in [-0.25, -0.2) is 0 Å². The highest BCUT2D eigenvalue weighted by Gasteiger charge is 2.64. The van der Waals surface area contributed by atoms with Gasteiger partial charge < -0.3 is 40.8 Å². The molecule has 3 aliphatic carbocycles. The van der Waals surface area contributed by atoms with Crippen molar-refractivity contribution < 1.29 is 52.4 Å². The van der Waals surface area contributed by atoms with E-state index in [1.807, 2.05) is 0 Å². The zero-order valence-corrected chi connectivity index (χ0v) is 24.0. The minimum absolute atomic E-state index is 0.0675. The van der Waals surface area contributed by atoms with Crippen LogP contribution in [0.5, 0.6) is 5.75 Å². The predicted molar refractivity (Wildman–Crippen MR) is 147 cm³/mol. The smallest absolute Gasteiger partial charge is 0.436 e. The summed E-state index contributed by atoms with van der Waals surface area (Å²) in [6.07, 6.45) is -4.32. The molecule has 16 heteroatoms. The maximum Gasteiger partial charge on any atom is 0.436 e. The van der Waals surface area contributed by atoms with Gasteiger partial charge in [-0.1, -0.05) is 0 Å². The Kier molecular flexibility index (Phi) is 7.20. The Balaban J connectivity index is 1.63. The zero-order valence-electron chi connectivity index (χ0n) is 24.0. The molecule has 0 radical (unpaired) electrons. The maximum atomic E-state index is 14.0. The molecule has 7 N–H and O–H groups in total. The van der Waals surface area contributed by atoms with Crippen molar-refractivity contribution in [2.75, 3.05) is 38.4 Å². The first-order valence-corrected chi connectivity index (χ1v) is 13.4. The number of nitrogens with zero attached hydrogens (tertiary/aromatic N) is 3. The van der Waals surface area contributed by atoms with E-state index < -0.39 is 81.7 Å². The van der Waals surface area contributed by atoms with E-state index in [1.165, 1.54) is 19.0 Å². The summed E-state index contributed by atoms with van der Waals surface area (Å²) in [5.74, 6) is -7.75. The molecular weight excluding hydrogens is 591 g/mol. The Morgan fingerprint density at radius 2 is 1.86 bits per heavy atom. The fourth-order valence-corrected chi connectivity index (χ4v) is 6.54. The summed E-state index contributed by atoms with van der Waals surface area (Å²) in [5.41, 5.74) is 0.911. The van der Waals surface area contributed by atoms with E-state index in [2.05, 4.69) is 10.3 Å². The van der Waals surface area contributed by atoms with Crippen LogP contribution in [0.2, 0.25) is 0 Å². The normalized spacial score (nSPS) is 25.2. The molecular formula is C28H30F3N5O8. The summed E-state index contributed by atoms with van der Waals surface area (Å²) < 4.78 is 43.6. The maximum absolute atomic E-state index is 14.0. The summed E-state index contributed by atoms with van der Waals surface area (Å²) in [4.78, 5) is 45.8. The lowest BCUT2D eigenvalue weighted by Crippen LogP contribution is -2.65. The van der Waals surface area contributed by atoms with Crippen molar-refractivity contribution in [2.24, 2.45) is 17.6 Å². The number of aliphatic hydroxyl groups excluding tert-OH is 2. The number of likely N-dealkylation sites (N-methyl/N-ethyl adjacent to an activating group) is 1. The number of aromatic hydroxyl groups is 1. The van der Waals surface area contributed by atoms with Crippen LogP contribution in [-0.4, -0.2) is 87.6 Å². The SMILES string of the molecule is CN(C)c1cc(CNc2nc(C(F)(F)F)co2)c(O)c2c1C[C@H]1C[C@H]3[C@H](N(C)C)C(=O)C(C(N)=O)=C(O)[C@@]3(O)C(=O)C1=C2O. The molecule has 236 valence electrons. The number of alkyl halides is 3. The molecule has 4 atom stereocenters. The number of halogens is 3. The van der Waals surface area contributed by atoms with E-state index in [1.54, 1.807) is 25.1 Å². The van der Waals surface area contributed by atoms with Gasteiger partial charge in [0.1, 0.15) is 29.1 Å². The Morgan fingerprint density at radius 1 is 1.20 bits per heavy atom. The van der Waals surface area contributed by atoms with Crippen LogP contribution in [-0.2, 0) is 33.5 Å². The molecule has 44 heavy (non-hydrogen) atoms. The van der Waals surface area contributed by atoms with E-state index >= 15 is 0 Å². The van der Waals surface area contributed by atoms with E-state index in [4.69, 9.17) is 10.2 Å². The standard InChI is InChI=1S/C28H30F3N5O8/c1-35(2)14-7-11(8-33-26-34-15(9-44-26)28(29,30)31)20(37)17-12(14)5-10-6-13-19(36(3)4)22(39)18(25(32)42)24(41)27(13,43)23(40)16(10)21(17)38/h7,9-10,13,19,37-38,41,43H,5-6,8H2,1-4H3,(H2,32,42)(H,33,34)/t10-,13-,19-,27-/m0/s1. The summed E-state index contributed by atoms with van der Waals surface area (Å²) in [6, 6.07) is -0.140. The molecule has 1 heterocycles. The number of hydrogen-bond acceptors (Lipinski definition) is 12. The van der Waals surface area contributed by atoms with Crippen molar-refractivity contribution in [1.29, 1.82) is 0 Å². The highest BCUT2D eigenvalue weighted by molar-refractivity contribution is 6.24. The molecule has 1 aromatic carbocycles. The number of nitrogens with one attached hydrogen (secondary N) is 1. The van der Waals surface area contributed by atoms with Crippen LogP contribution in [0.15, 0.2) is 33.7 Å². The second kappa shape index (κ2) is 10.3. The van der Waals surface area contributed by atoms with Crippen molar-refractivity contribution >= 4 is 34.9 Å². The minimum atomic E-state index is -4.74. The minimum Gasteiger partial charge on any atom is -0.508 e. The fraction of sp³-hybridized carbons (Fsp3) is 0.429. The molecule has 0 aliphatic heterocycles. The average molecular weight is 622 g/mol. The van der Waals surface area contributed by atoms with Gasteiger partial charge in [0, 0.05) is 43.4 Å². The van der Waals surface area contributed by atoms with Gasteiger partial charge in [0.25, 0.3) is 11.9 Å². The first-order valence-electron chi connectivity index (χ1n) is 13.4. The molecule has 1 aromatic heterocycles. The Labute approximate surface area is 248 Å². The second-order valence-electron chi connectivity index (χ2n) is 11.5. The molecule has 0 saturated heterocycles. The number of anilines is 2. The second-order valence-corrected chi connectivity index (χ2v) is 11.5. The number of carbonyl (C=O) groups excluding carboxylic acids is 3. The van der Waals surface area contributed by atoms with E-state index in [0.717, 1.165) is 0 Å². The quantitative estimate of drug-likeness (QED) is 0.255. The van der Waals surface area contributed by atoms with Gasteiger partial charge in [-0.15, -0.1) is 0 Å². The largest absolute Gasteiger partial charge is 0.508 e. The van der Waals surface area contributed by atoms with Crippen molar-refractivity contribution in [3.8, 4) is 5.75 Å². The van der Waals surface area contributed by atoms with Gasteiger partial charge in [0.2, 0.25) is 5.78 Å². The molecule has 1 fully saturated rings. The molecule has 0 unspecified atom stereocenters. The summed E-state index contributed by atoms with van der Waals surface area (Å²) >= 11 is 0. The van der Waals surface area contributed by atoms with E-state index in [0.29, 0.717) is 17.5 Å². The number of benzene rings is 1. The van der Waals surface area contributed by atoms with Crippen molar-refractivity contribution in [3.05, 3.63) is 51.6 Å². The number of aliphatic hydroxyl groups is 3. The first-order chi connectivity index (χ1) is 20.4. The van der Waals surface area contributed by atoms with Crippen molar-refractivity contribution in [1.82, 2.24) is 9.88 Å². The molecule has 0 spiro atoms. The summed E-state index contributed by atoms with van der Waals surface area (Å²) in [6.45, 7) is -0.304. The Hall–Kier alpha value is -4.57. The number of fused-ring (bicyclic) bond motifs is 3. The zero-order chi connectivity index (χ0) is 32.6. The van der Waals surface area contributed by atoms with Crippen LogP contribution in [0.1, 0.15) is 28.8 Å². The number of amides is 1. The predicted octanol–water partition coefficient (Wildman–Crippen LogP) is 1.65. The lowest BCUT2D eigenvalue weighted by atomic mass is 9.57. The van der Waals surface area contributed by atoms with Crippen LogP contribution >= 0.6 is 0 Å². The third-order valence-corrected chi connectivity index (χ3v) is 8.48. The first kappa shape index (κ1) is 30.9. The monoisotopic (exact) mass is 621 g/mol. The van der Waals surface area contributed by atoms with Crippen LogP contribution in [0.3, 0.4) is 0 Å². The van der Waals surface area contributed by atoms with Gasteiger partial charge in [0.05, 0.1) is 11.6 Å². The molecule has 13 nitrogen and oxygen atoms in total. The summed E-state index contributed by atoms with van der Waals surface area (Å²) in [7, 11) is 6.39. The highest BCUT2D eigenvalue weighted by atomic mass is 19.4. The third kappa shape index (κ3) is 4.47. The van der Waals surface area contributed by atoms with Gasteiger partial charge in [-0.2, -0.15) is 18.2 Å².